The second-order valence-corrected chi connectivity index (χ2v) is 15.3. The van der Waals surface area contributed by atoms with E-state index < -0.39 is 17.5 Å². The number of hydrogen-bond acceptors (Lipinski definition) is 6. The largest absolute Gasteiger partial charge is 0.391 e. The van der Waals surface area contributed by atoms with Crippen molar-refractivity contribution in [2.75, 3.05) is 16.8 Å². The summed E-state index contributed by atoms with van der Waals surface area (Å²) in [6.07, 6.45) is 0.616. The van der Waals surface area contributed by atoms with E-state index in [-0.39, 0.29) is 56.1 Å². The molecule has 2 amide bonds. The number of nitrogens with zero attached hydrogens (tertiary/aromatic N) is 4. The van der Waals surface area contributed by atoms with Crippen molar-refractivity contribution in [3.8, 4) is 0 Å². The molecule has 2 aromatic heterocycles. The number of carbonyl (C=O) groups is 2. The normalized spacial score (nSPS) is 20.1. The Hall–Kier alpha value is -3.25. The summed E-state index contributed by atoms with van der Waals surface area (Å²) >= 11 is 13.4. The minimum Gasteiger partial charge on any atom is -0.353 e. The average molecular weight is 709 g/mol. The highest BCUT2D eigenvalue weighted by Crippen LogP contribution is 2.41. The third kappa shape index (κ3) is 7.64. The summed E-state index contributed by atoms with van der Waals surface area (Å²) in [6, 6.07) is 5.12. The first kappa shape index (κ1) is 34.6. The summed E-state index contributed by atoms with van der Waals surface area (Å²) in [7, 11) is 1.81. The van der Waals surface area contributed by atoms with Gasteiger partial charge in [0.15, 0.2) is 5.65 Å². The summed E-state index contributed by atoms with van der Waals surface area (Å²) in [5.74, 6) is -0.284. The zero-order valence-corrected chi connectivity index (χ0v) is 29.1. The minimum absolute atomic E-state index is 0.000975. The van der Waals surface area contributed by atoms with Gasteiger partial charge < -0.3 is 20.9 Å². The Labute approximate surface area is 288 Å². The number of halogens is 5. The summed E-state index contributed by atoms with van der Waals surface area (Å²) < 4.78 is 41.6. The Kier molecular flexibility index (Phi) is 9.54. The number of imidazole rings is 1. The minimum atomic E-state index is -4.21. The van der Waals surface area contributed by atoms with Crippen LogP contribution in [0.5, 0.6) is 0 Å². The van der Waals surface area contributed by atoms with Gasteiger partial charge in [0.1, 0.15) is 11.3 Å². The molecule has 3 aromatic rings. The number of carbonyl (C=O) groups excluding carboxylic acids is 2. The smallest absolute Gasteiger partial charge is 0.353 e. The molecule has 3 N–H and O–H groups in total. The van der Waals surface area contributed by atoms with Gasteiger partial charge in [0.05, 0.1) is 27.2 Å². The fraction of sp³-hybridized carbons (Fsp3) is 0.588. The molecule has 3 aliphatic rings. The average Bonchev–Trinajstić information content (AvgIpc) is 3.95. The number of pyridine rings is 1. The van der Waals surface area contributed by atoms with E-state index in [0.717, 1.165) is 32.2 Å². The van der Waals surface area contributed by atoms with Gasteiger partial charge in [-0.15, -0.1) is 0 Å². The maximum absolute atomic E-state index is 13.9. The van der Waals surface area contributed by atoms with Crippen LogP contribution in [0, 0.1) is 17.3 Å². The van der Waals surface area contributed by atoms with Gasteiger partial charge in [0.2, 0.25) is 11.9 Å². The van der Waals surface area contributed by atoms with Crippen molar-refractivity contribution in [1.29, 1.82) is 0 Å². The van der Waals surface area contributed by atoms with Crippen LogP contribution in [0.15, 0.2) is 18.2 Å². The fourth-order valence-electron chi connectivity index (χ4n) is 6.20. The predicted octanol–water partition coefficient (Wildman–Crippen LogP) is 7.91. The standard InChI is InChI=1S/C34H42Cl2F3N7O2/c1-33(2,3)31(48)40-16-19-7-14-24(35)27(26(19)36)43-32-42-25-15-23(30(47)41-21-10-8-20(9-11-21)34(37,38)39)28(44-29(25)45(32)4)46(22-12-13-22)17-18-5-6-18/h7,14-15,18,20-22H,5-6,8-13,16-17H2,1-4H3,(H,40,48)(H,41,47)(H,42,43)/t20-,21-. The number of hydrogen-bond donors (Lipinski definition) is 3. The molecule has 0 aliphatic heterocycles. The van der Waals surface area contributed by atoms with Crippen LogP contribution >= 0.6 is 23.2 Å². The van der Waals surface area contributed by atoms with Crippen LogP contribution < -0.4 is 20.9 Å². The van der Waals surface area contributed by atoms with E-state index in [0.29, 0.717) is 55.7 Å². The molecular weight excluding hydrogens is 666 g/mol. The molecule has 0 saturated heterocycles. The van der Waals surface area contributed by atoms with Gasteiger partial charge in [0.25, 0.3) is 5.91 Å². The molecule has 0 unspecified atom stereocenters. The molecule has 48 heavy (non-hydrogen) atoms. The molecule has 0 atom stereocenters. The molecule has 0 spiro atoms. The molecule has 260 valence electrons. The second kappa shape index (κ2) is 13.2. The highest BCUT2D eigenvalue weighted by atomic mass is 35.5. The van der Waals surface area contributed by atoms with E-state index in [1.165, 1.54) is 0 Å². The van der Waals surface area contributed by atoms with Crippen molar-refractivity contribution in [1.82, 2.24) is 25.2 Å². The zero-order chi connectivity index (χ0) is 34.5. The first-order valence-corrected chi connectivity index (χ1v) is 17.4. The van der Waals surface area contributed by atoms with Crippen molar-refractivity contribution >= 4 is 63.6 Å². The number of benzene rings is 1. The maximum atomic E-state index is 13.9. The van der Waals surface area contributed by atoms with E-state index in [1.54, 1.807) is 22.8 Å². The second-order valence-electron chi connectivity index (χ2n) is 14.5. The topological polar surface area (TPSA) is 104 Å². The molecule has 14 heteroatoms. The Bertz CT molecular complexity index is 1710. The molecule has 3 aliphatic carbocycles. The summed E-state index contributed by atoms with van der Waals surface area (Å²) in [5, 5.41) is 9.86. The number of aryl methyl sites for hydroxylation is 1. The molecule has 3 saturated carbocycles. The quantitative estimate of drug-likeness (QED) is 0.198. The Morgan fingerprint density at radius 3 is 2.29 bits per heavy atom. The van der Waals surface area contributed by atoms with Crippen LogP contribution in [0.3, 0.4) is 0 Å². The Morgan fingerprint density at radius 1 is 1.00 bits per heavy atom. The molecule has 0 bridgehead atoms. The van der Waals surface area contributed by atoms with Gasteiger partial charge in [-0.3, -0.25) is 14.2 Å². The number of anilines is 3. The highest BCUT2D eigenvalue weighted by molar-refractivity contribution is 6.39. The summed E-state index contributed by atoms with van der Waals surface area (Å²) in [6.45, 7) is 6.50. The van der Waals surface area contributed by atoms with Crippen LogP contribution in [-0.2, 0) is 18.4 Å². The van der Waals surface area contributed by atoms with Crippen LogP contribution in [0.4, 0.5) is 30.6 Å². The Morgan fingerprint density at radius 2 is 1.69 bits per heavy atom. The summed E-state index contributed by atoms with van der Waals surface area (Å²) in [4.78, 5) is 38.4. The van der Waals surface area contributed by atoms with E-state index in [9.17, 15) is 22.8 Å². The lowest BCUT2D eigenvalue weighted by atomic mass is 9.85. The van der Waals surface area contributed by atoms with Crippen molar-refractivity contribution < 1.29 is 22.8 Å². The number of alkyl halides is 3. The third-order valence-corrected chi connectivity index (χ3v) is 10.3. The lowest BCUT2D eigenvalue weighted by Crippen LogP contribution is -2.41. The van der Waals surface area contributed by atoms with Gasteiger partial charge in [-0.1, -0.05) is 50.0 Å². The molecule has 9 nitrogen and oxygen atoms in total. The number of amides is 2. The van der Waals surface area contributed by atoms with Crippen molar-refractivity contribution in [2.24, 2.45) is 24.3 Å². The molecule has 1 aromatic carbocycles. The Balaban J connectivity index is 1.30. The molecule has 3 fully saturated rings. The highest BCUT2D eigenvalue weighted by Gasteiger charge is 2.42. The van der Waals surface area contributed by atoms with Gasteiger partial charge in [-0.05, 0) is 75.0 Å². The molecular formula is C34H42Cl2F3N7O2. The predicted molar refractivity (Wildman–Crippen MR) is 182 cm³/mol. The lowest BCUT2D eigenvalue weighted by Gasteiger charge is -2.31. The van der Waals surface area contributed by atoms with Crippen LogP contribution in [0.2, 0.25) is 10.0 Å². The van der Waals surface area contributed by atoms with E-state index in [2.05, 4.69) is 20.9 Å². The van der Waals surface area contributed by atoms with Gasteiger partial charge in [-0.2, -0.15) is 13.2 Å². The summed E-state index contributed by atoms with van der Waals surface area (Å²) in [5.41, 5.74) is 1.92. The van der Waals surface area contributed by atoms with Crippen LogP contribution in [0.1, 0.15) is 88.1 Å². The third-order valence-electron chi connectivity index (χ3n) is 9.53. The first-order chi connectivity index (χ1) is 22.6. The SMILES string of the molecule is Cn1c(Nc2c(Cl)ccc(CNC(=O)C(C)(C)C)c2Cl)nc2cc(C(=O)N[C@H]3CC[C@H](C(F)(F)F)CC3)c(N(CC3CC3)C3CC3)nc21. The van der Waals surface area contributed by atoms with Gasteiger partial charge >= 0.3 is 6.18 Å². The van der Waals surface area contributed by atoms with Crippen molar-refractivity contribution in [2.45, 2.75) is 96.9 Å². The fourth-order valence-corrected chi connectivity index (χ4v) is 6.73. The monoisotopic (exact) mass is 707 g/mol. The van der Waals surface area contributed by atoms with Crippen molar-refractivity contribution in [3.63, 3.8) is 0 Å². The maximum Gasteiger partial charge on any atom is 0.391 e. The van der Waals surface area contributed by atoms with Crippen molar-refractivity contribution in [3.05, 3.63) is 39.4 Å². The van der Waals surface area contributed by atoms with E-state index in [1.807, 2.05) is 27.8 Å². The molecule has 0 radical (unpaired) electrons. The van der Waals surface area contributed by atoms with Crippen LogP contribution in [0.25, 0.3) is 11.2 Å². The molecule has 6 rings (SSSR count). The van der Waals surface area contributed by atoms with Gasteiger partial charge in [-0.25, -0.2) is 9.97 Å². The number of rotatable bonds is 10. The number of aromatic nitrogens is 3. The number of fused-ring (bicyclic) bond motifs is 1. The molecule has 2 heterocycles. The van der Waals surface area contributed by atoms with Crippen LogP contribution in [-0.4, -0.2) is 51.2 Å². The first-order valence-electron chi connectivity index (χ1n) is 16.6. The number of nitrogens with one attached hydrogen (secondary N) is 3. The lowest BCUT2D eigenvalue weighted by molar-refractivity contribution is -0.182. The zero-order valence-electron chi connectivity index (χ0n) is 27.6. The van der Waals surface area contributed by atoms with E-state index in [4.69, 9.17) is 33.2 Å². The van der Waals surface area contributed by atoms with E-state index >= 15 is 0 Å². The van der Waals surface area contributed by atoms with Gasteiger partial charge in [0, 0.05) is 37.6 Å².